The van der Waals surface area contributed by atoms with Crippen LogP contribution in [-0.2, 0) is 0 Å². The molecule has 0 amide bonds. The lowest BCUT2D eigenvalue weighted by molar-refractivity contribution is 0.291. The van der Waals surface area contributed by atoms with Crippen molar-refractivity contribution in [1.82, 2.24) is 4.90 Å². The van der Waals surface area contributed by atoms with Crippen LogP contribution in [0.5, 0.6) is 0 Å². The molecule has 1 unspecified atom stereocenters. The molecule has 0 aliphatic carbocycles. The van der Waals surface area contributed by atoms with Gasteiger partial charge in [-0.3, -0.25) is 4.90 Å². The topological polar surface area (TPSA) is 29.3 Å². The summed E-state index contributed by atoms with van der Waals surface area (Å²) >= 11 is 5.05. The summed E-state index contributed by atoms with van der Waals surface area (Å²) in [4.78, 5) is 2.32. The lowest BCUT2D eigenvalue weighted by Gasteiger charge is -2.27. The highest BCUT2D eigenvalue weighted by Crippen LogP contribution is 2.22. The van der Waals surface area contributed by atoms with Crippen LogP contribution >= 0.6 is 12.2 Å². The molecule has 0 bridgehead atoms. The van der Waals surface area contributed by atoms with E-state index >= 15 is 0 Å². The molecular weight excluding hydrogens is 235 g/mol. The van der Waals surface area contributed by atoms with Crippen molar-refractivity contribution in [3.8, 4) is 0 Å². The number of rotatable bonds is 6. The van der Waals surface area contributed by atoms with Crippen molar-refractivity contribution >= 4 is 17.2 Å². The number of nitrogens with two attached hydrogens (primary N) is 1. The van der Waals surface area contributed by atoms with E-state index in [1.54, 1.807) is 18.2 Å². The van der Waals surface area contributed by atoms with E-state index in [-0.39, 0.29) is 11.9 Å². The molecule has 2 nitrogen and oxygen atoms in total. The highest BCUT2D eigenvalue weighted by atomic mass is 32.1. The molecule has 1 rings (SSSR count). The highest BCUT2D eigenvalue weighted by molar-refractivity contribution is 7.80. The van der Waals surface area contributed by atoms with Crippen molar-refractivity contribution < 1.29 is 4.39 Å². The summed E-state index contributed by atoms with van der Waals surface area (Å²) < 4.78 is 13.7. The molecule has 0 fully saturated rings. The van der Waals surface area contributed by atoms with Gasteiger partial charge in [-0.05, 0) is 26.1 Å². The summed E-state index contributed by atoms with van der Waals surface area (Å²) in [6.45, 7) is 2.97. The smallest absolute Gasteiger partial charge is 0.128 e. The third-order valence-corrected chi connectivity index (χ3v) is 3.00. The predicted octanol–water partition coefficient (Wildman–Crippen LogP) is 2.88. The van der Waals surface area contributed by atoms with Crippen LogP contribution in [0.1, 0.15) is 31.4 Å². The Balaban J connectivity index is 2.93. The van der Waals surface area contributed by atoms with Gasteiger partial charge in [-0.1, -0.05) is 43.8 Å². The lowest BCUT2D eigenvalue weighted by atomic mass is 10.0. The summed E-state index contributed by atoms with van der Waals surface area (Å²) in [6, 6.07) is 6.33. The Labute approximate surface area is 108 Å². The van der Waals surface area contributed by atoms with Crippen LogP contribution in [-0.4, -0.2) is 23.5 Å². The molecule has 0 aromatic heterocycles. The summed E-state index contributed by atoms with van der Waals surface area (Å²) in [5.74, 6) is -0.256. The van der Waals surface area contributed by atoms with Crippen molar-refractivity contribution in [2.75, 3.05) is 13.6 Å². The normalized spacial score (nSPS) is 12.7. The number of thiocarbonyl (C=S) groups is 1. The molecule has 94 valence electrons. The van der Waals surface area contributed by atoms with Gasteiger partial charge in [0, 0.05) is 5.56 Å². The average molecular weight is 254 g/mol. The first-order chi connectivity index (χ1) is 8.07. The number of halogens is 1. The second-order valence-electron chi connectivity index (χ2n) is 4.16. The van der Waals surface area contributed by atoms with Crippen LogP contribution < -0.4 is 5.73 Å². The minimum atomic E-state index is -0.322. The summed E-state index contributed by atoms with van der Waals surface area (Å²) in [7, 11) is 1.92. The van der Waals surface area contributed by atoms with Gasteiger partial charge in [0.2, 0.25) is 0 Å². The summed E-state index contributed by atoms with van der Waals surface area (Å²) in [6.07, 6.45) is 2.13. The Bertz CT molecular complexity index is 381. The van der Waals surface area contributed by atoms with Gasteiger partial charge in [0.25, 0.3) is 0 Å². The monoisotopic (exact) mass is 254 g/mol. The van der Waals surface area contributed by atoms with E-state index < -0.39 is 0 Å². The first kappa shape index (κ1) is 14.1. The third kappa shape index (κ3) is 3.75. The molecule has 0 aliphatic heterocycles. The van der Waals surface area contributed by atoms with Crippen molar-refractivity contribution in [3.05, 3.63) is 35.6 Å². The van der Waals surface area contributed by atoms with Gasteiger partial charge in [-0.25, -0.2) is 4.39 Å². The van der Waals surface area contributed by atoms with E-state index in [2.05, 4.69) is 6.92 Å². The summed E-state index contributed by atoms with van der Waals surface area (Å²) in [5.41, 5.74) is 6.29. The fourth-order valence-electron chi connectivity index (χ4n) is 1.84. The number of benzene rings is 1. The number of nitrogens with zero attached hydrogens (tertiary/aromatic N) is 1. The van der Waals surface area contributed by atoms with Gasteiger partial charge in [0.15, 0.2) is 0 Å². The minimum absolute atomic E-state index is 0.256. The van der Waals surface area contributed by atoms with Crippen LogP contribution in [0, 0.1) is 5.82 Å². The molecule has 0 spiro atoms. The zero-order valence-electron chi connectivity index (χ0n) is 10.3. The number of hydrogen-bond donors (Lipinski definition) is 1. The number of unbranched alkanes of at least 4 members (excludes halogenated alkanes) is 1. The van der Waals surface area contributed by atoms with E-state index in [0.717, 1.165) is 19.4 Å². The maximum Gasteiger partial charge on any atom is 0.128 e. The molecule has 17 heavy (non-hydrogen) atoms. The molecule has 0 aliphatic rings. The van der Waals surface area contributed by atoms with E-state index in [1.807, 2.05) is 11.9 Å². The second kappa shape index (κ2) is 6.67. The van der Waals surface area contributed by atoms with Gasteiger partial charge in [0.1, 0.15) is 5.82 Å². The molecule has 0 saturated carbocycles. The van der Waals surface area contributed by atoms with E-state index in [1.165, 1.54) is 6.07 Å². The van der Waals surface area contributed by atoms with Crippen molar-refractivity contribution in [1.29, 1.82) is 0 Å². The van der Waals surface area contributed by atoms with Gasteiger partial charge in [-0.15, -0.1) is 0 Å². The molecule has 0 heterocycles. The maximum atomic E-state index is 13.7. The zero-order valence-corrected chi connectivity index (χ0v) is 11.1. The lowest BCUT2D eigenvalue weighted by Crippen LogP contribution is -2.35. The molecule has 1 aromatic rings. The van der Waals surface area contributed by atoms with Crippen molar-refractivity contribution in [2.45, 2.75) is 25.8 Å². The van der Waals surface area contributed by atoms with Crippen LogP contribution in [0.15, 0.2) is 24.3 Å². The van der Waals surface area contributed by atoms with Gasteiger partial charge in [0.05, 0.1) is 11.0 Å². The molecule has 1 atom stereocenters. The Hall–Kier alpha value is -1.00. The van der Waals surface area contributed by atoms with Crippen LogP contribution in [0.3, 0.4) is 0 Å². The Kier molecular flexibility index (Phi) is 5.51. The summed E-state index contributed by atoms with van der Waals surface area (Å²) in [5, 5.41) is 0. The Morgan fingerprint density at radius 1 is 1.47 bits per heavy atom. The van der Waals surface area contributed by atoms with E-state index in [0.29, 0.717) is 10.6 Å². The van der Waals surface area contributed by atoms with Crippen LogP contribution in [0.25, 0.3) is 0 Å². The van der Waals surface area contributed by atoms with E-state index in [4.69, 9.17) is 18.0 Å². The first-order valence-electron chi connectivity index (χ1n) is 5.82. The third-order valence-electron chi connectivity index (χ3n) is 2.77. The quantitative estimate of drug-likeness (QED) is 0.792. The Morgan fingerprint density at radius 2 is 2.12 bits per heavy atom. The molecule has 2 N–H and O–H groups in total. The van der Waals surface area contributed by atoms with Gasteiger partial charge >= 0.3 is 0 Å². The SMILES string of the molecule is CCCCN(C)C(C(N)=S)c1ccccc1F. The molecule has 1 aromatic carbocycles. The zero-order chi connectivity index (χ0) is 12.8. The average Bonchev–Trinajstić information content (AvgIpc) is 2.29. The van der Waals surface area contributed by atoms with Crippen molar-refractivity contribution in [3.63, 3.8) is 0 Å². The molecule has 0 radical (unpaired) electrons. The predicted molar refractivity (Wildman–Crippen MR) is 73.5 cm³/mol. The first-order valence-corrected chi connectivity index (χ1v) is 6.22. The Morgan fingerprint density at radius 3 is 2.65 bits per heavy atom. The fraction of sp³-hybridized carbons (Fsp3) is 0.462. The largest absolute Gasteiger partial charge is 0.392 e. The van der Waals surface area contributed by atoms with Crippen LogP contribution in [0.2, 0.25) is 0 Å². The molecule has 4 heteroatoms. The molecular formula is C13H19FN2S. The molecule has 0 saturated heterocycles. The minimum Gasteiger partial charge on any atom is -0.392 e. The second-order valence-corrected chi connectivity index (χ2v) is 4.63. The van der Waals surface area contributed by atoms with Crippen LogP contribution in [0.4, 0.5) is 4.39 Å². The van der Waals surface area contributed by atoms with Gasteiger partial charge in [-0.2, -0.15) is 0 Å². The standard InChI is InChI=1S/C13H19FN2S/c1-3-4-9-16(2)12(13(15)17)10-7-5-6-8-11(10)14/h5-8,12H,3-4,9H2,1-2H3,(H2,15,17). The van der Waals surface area contributed by atoms with E-state index in [9.17, 15) is 4.39 Å². The number of hydrogen-bond acceptors (Lipinski definition) is 2. The highest BCUT2D eigenvalue weighted by Gasteiger charge is 2.22. The van der Waals surface area contributed by atoms with Gasteiger partial charge < -0.3 is 5.73 Å². The van der Waals surface area contributed by atoms with Crippen molar-refractivity contribution in [2.24, 2.45) is 5.73 Å². The fourth-order valence-corrected chi connectivity index (χ4v) is 2.15. The number of likely N-dealkylation sites (N-methyl/N-ethyl adjacent to an activating group) is 1. The maximum absolute atomic E-state index is 13.7.